The predicted molar refractivity (Wildman–Crippen MR) is 91.8 cm³/mol. The molecule has 1 aliphatic rings. The van der Waals surface area contributed by atoms with Gasteiger partial charge in [-0.05, 0) is 37.3 Å². The van der Waals surface area contributed by atoms with Crippen LogP contribution >= 0.6 is 0 Å². The highest BCUT2D eigenvalue weighted by Crippen LogP contribution is 2.33. The Labute approximate surface area is 143 Å². The fourth-order valence-electron chi connectivity index (χ4n) is 2.84. The van der Waals surface area contributed by atoms with Crippen LogP contribution in [-0.2, 0) is 0 Å². The molecule has 1 aromatic heterocycles. The van der Waals surface area contributed by atoms with Gasteiger partial charge in [0.2, 0.25) is 0 Å². The van der Waals surface area contributed by atoms with Crippen molar-refractivity contribution in [2.24, 2.45) is 0 Å². The molecular formula is C19H15FN2O3. The van der Waals surface area contributed by atoms with Crippen molar-refractivity contribution in [1.29, 1.82) is 0 Å². The van der Waals surface area contributed by atoms with Crippen molar-refractivity contribution in [1.82, 2.24) is 4.98 Å². The largest absolute Gasteiger partial charge is 0.486 e. The lowest BCUT2D eigenvalue weighted by atomic mass is 10.1. The third-order valence-corrected chi connectivity index (χ3v) is 3.94. The van der Waals surface area contributed by atoms with Crippen LogP contribution in [0.5, 0.6) is 11.5 Å². The maximum Gasteiger partial charge on any atom is 0.256 e. The second-order valence-electron chi connectivity index (χ2n) is 5.79. The van der Waals surface area contributed by atoms with Gasteiger partial charge in [-0.2, -0.15) is 0 Å². The molecule has 0 spiro atoms. The summed E-state index contributed by atoms with van der Waals surface area (Å²) in [6.45, 7) is 2.76. The lowest BCUT2D eigenvalue weighted by Crippen LogP contribution is -2.16. The van der Waals surface area contributed by atoms with Crippen molar-refractivity contribution in [3.05, 3.63) is 59.5 Å². The lowest BCUT2D eigenvalue weighted by Gasteiger charge is -2.19. The van der Waals surface area contributed by atoms with E-state index in [0.717, 1.165) is 0 Å². The number of hydrogen-bond donors (Lipinski definition) is 1. The molecule has 0 saturated carbocycles. The SMILES string of the molecule is Cc1cc(C(=O)Nc2ccc3c(c2)OCCO3)c2ccc(F)cc2n1. The first-order valence-electron chi connectivity index (χ1n) is 7.88. The summed E-state index contributed by atoms with van der Waals surface area (Å²) in [4.78, 5) is 17.0. The van der Waals surface area contributed by atoms with Crippen molar-refractivity contribution in [2.75, 3.05) is 18.5 Å². The number of nitrogens with zero attached hydrogens (tertiary/aromatic N) is 1. The number of amides is 1. The first-order chi connectivity index (χ1) is 12.1. The molecule has 1 N–H and O–H groups in total. The number of anilines is 1. The quantitative estimate of drug-likeness (QED) is 0.774. The molecule has 2 aromatic carbocycles. The van der Waals surface area contributed by atoms with E-state index in [1.54, 1.807) is 37.3 Å². The number of aryl methyl sites for hydroxylation is 1. The Morgan fingerprint density at radius 3 is 2.72 bits per heavy atom. The predicted octanol–water partition coefficient (Wildman–Crippen LogP) is 3.71. The van der Waals surface area contributed by atoms with Crippen LogP contribution in [0.4, 0.5) is 10.1 Å². The summed E-state index contributed by atoms with van der Waals surface area (Å²) in [6.07, 6.45) is 0. The third-order valence-electron chi connectivity index (χ3n) is 3.94. The van der Waals surface area contributed by atoms with Gasteiger partial charge in [0.25, 0.3) is 5.91 Å². The number of nitrogens with one attached hydrogen (secondary N) is 1. The molecule has 0 saturated heterocycles. The Morgan fingerprint density at radius 2 is 1.88 bits per heavy atom. The molecule has 3 aromatic rings. The van der Waals surface area contributed by atoms with Crippen LogP contribution < -0.4 is 14.8 Å². The van der Waals surface area contributed by atoms with Gasteiger partial charge in [0.15, 0.2) is 11.5 Å². The molecule has 0 bridgehead atoms. The van der Waals surface area contributed by atoms with Crippen molar-refractivity contribution in [3.63, 3.8) is 0 Å². The summed E-state index contributed by atoms with van der Waals surface area (Å²) in [5, 5.41) is 3.45. The molecule has 1 amide bonds. The van der Waals surface area contributed by atoms with E-state index in [-0.39, 0.29) is 11.7 Å². The zero-order valence-corrected chi connectivity index (χ0v) is 13.5. The van der Waals surface area contributed by atoms with E-state index in [9.17, 15) is 9.18 Å². The van der Waals surface area contributed by atoms with Gasteiger partial charge in [0.1, 0.15) is 19.0 Å². The van der Waals surface area contributed by atoms with Crippen LogP contribution in [0.2, 0.25) is 0 Å². The highest BCUT2D eigenvalue weighted by Gasteiger charge is 2.16. The van der Waals surface area contributed by atoms with Gasteiger partial charge in [-0.15, -0.1) is 0 Å². The van der Waals surface area contributed by atoms with Gasteiger partial charge in [-0.25, -0.2) is 4.39 Å². The van der Waals surface area contributed by atoms with Gasteiger partial charge < -0.3 is 14.8 Å². The normalized spacial score (nSPS) is 12.9. The molecule has 0 aliphatic carbocycles. The number of aromatic nitrogens is 1. The summed E-state index contributed by atoms with van der Waals surface area (Å²) in [7, 11) is 0. The molecule has 4 rings (SSSR count). The number of benzene rings is 2. The molecule has 6 heteroatoms. The number of carbonyl (C=O) groups is 1. The number of hydrogen-bond acceptors (Lipinski definition) is 4. The molecule has 0 fully saturated rings. The third kappa shape index (κ3) is 2.98. The van der Waals surface area contributed by atoms with Crippen molar-refractivity contribution < 1.29 is 18.7 Å². The number of halogens is 1. The molecule has 126 valence electrons. The fraction of sp³-hybridized carbons (Fsp3) is 0.158. The first kappa shape index (κ1) is 15.4. The highest BCUT2D eigenvalue weighted by atomic mass is 19.1. The Hall–Kier alpha value is -3.15. The lowest BCUT2D eigenvalue weighted by molar-refractivity contribution is 0.102. The summed E-state index contributed by atoms with van der Waals surface area (Å²) < 4.78 is 24.4. The second kappa shape index (κ2) is 6.05. The van der Waals surface area contributed by atoms with E-state index in [1.807, 2.05) is 0 Å². The van der Waals surface area contributed by atoms with E-state index >= 15 is 0 Å². The van der Waals surface area contributed by atoms with Gasteiger partial charge in [0.05, 0.1) is 11.1 Å². The maximum absolute atomic E-state index is 13.4. The van der Waals surface area contributed by atoms with Crippen LogP contribution in [0.25, 0.3) is 10.9 Å². The molecular weight excluding hydrogens is 323 g/mol. The van der Waals surface area contributed by atoms with Crippen molar-refractivity contribution in [3.8, 4) is 11.5 Å². The first-order valence-corrected chi connectivity index (χ1v) is 7.88. The summed E-state index contributed by atoms with van der Waals surface area (Å²) in [5.74, 6) is 0.578. The number of carbonyl (C=O) groups excluding carboxylic acids is 1. The highest BCUT2D eigenvalue weighted by molar-refractivity contribution is 6.12. The minimum absolute atomic E-state index is 0.293. The van der Waals surface area contributed by atoms with Crippen LogP contribution in [0, 0.1) is 12.7 Å². The van der Waals surface area contributed by atoms with Gasteiger partial charge in [0, 0.05) is 28.9 Å². The second-order valence-corrected chi connectivity index (χ2v) is 5.79. The van der Waals surface area contributed by atoms with E-state index < -0.39 is 0 Å². The average Bonchev–Trinajstić information content (AvgIpc) is 2.60. The van der Waals surface area contributed by atoms with Crippen molar-refractivity contribution >= 4 is 22.5 Å². The van der Waals surface area contributed by atoms with Gasteiger partial charge >= 0.3 is 0 Å². The molecule has 5 nitrogen and oxygen atoms in total. The van der Waals surface area contributed by atoms with E-state index in [0.29, 0.717) is 52.6 Å². The van der Waals surface area contributed by atoms with Crippen LogP contribution in [0.3, 0.4) is 0 Å². The van der Waals surface area contributed by atoms with Crippen LogP contribution in [0.15, 0.2) is 42.5 Å². The van der Waals surface area contributed by atoms with Gasteiger partial charge in [-0.3, -0.25) is 9.78 Å². The minimum Gasteiger partial charge on any atom is -0.486 e. The zero-order chi connectivity index (χ0) is 17.4. The van der Waals surface area contributed by atoms with Crippen LogP contribution in [-0.4, -0.2) is 24.1 Å². The number of pyridine rings is 1. The Bertz CT molecular complexity index is 983. The zero-order valence-electron chi connectivity index (χ0n) is 13.5. The molecule has 25 heavy (non-hydrogen) atoms. The monoisotopic (exact) mass is 338 g/mol. The number of ether oxygens (including phenoxy) is 2. The fourth-order valence-corrected chi connectivity index (χ4v) is 2.84. The van der Waals surface area contributed by atoms with E-state index in [2.05, 4.69) is 10.3 Å². The molecule has 0 atom stereocenters. The molecule has 1 aliphatic heterocycles. The smallest absolute Gasteiger partial charge is 0.256 e. The van der Waals surface area contributed by atoms with E-state index in [4.69, 9.17) is 9.47 Å². The average molecular weight is 338 g/mol. The number of rotatable bonds is 2. The topological polar surface area (TPSA) is 60.5 Å². The summed E-state index contributed by atoms with van der Waals surface area (Å²) >= 11 is 0. The van der Waals surface area contributed by atoms with Gasteiger partial charge in [-0.1, -0.05) is 0 Å². The van der Waals surface area contributed by atoms with Crippen molar-refractivity contribution in [2.45, 2.75) is 6.92 Å². The molecule has 0 radical (unpaired) electrons. The number of fused-ring (bicyclic) bond motifs is 2. The Kier molecular flexibility index (Phi) is 3.72. The minimum atomic E-state index is -0.385. The Morgan fingerprint density at radius 1 is 1.08 bits per heavy atom. The summed E-state index contributed by atoms with van der Waals surface area (Å²) in [6, 6.07) is 11.1. The maximum atomic E-state index is 13.4. The molecule has 2 heterocycles. The van der Waals surface area contributed by atoms with E-state index in [1.165, 1.54) is 12.1 Å². The molecule has 0 unspecified atom stereocenters. The summed E-state index contributed by atoms with van der Waals surface area (Å²) in [5.41, 5.74) is 2.13. The Balaban J connectivity index is 1.68. The standard InChI is InChI=1S/C19H15FN2O3/c1-11-8-15(14-4-2-12(20)9-16(14)21-11)19(23)22-13-3-5-17-18(10-13)25-7-6-24-17/h2-5,8-10H,6-7H2,1H3,(H,22,23). The van der Waals surface area contributed by atoms with Crippen LogP contribution in [0.1, 0.15) is 16.1 Å².